The van der Waals surface area contributed by atoms with Crippen molar-refractivity contribution in [3.8, 4) is 0 Å². The van der Waals surface area contributed by atoms with Crippen LogP contribution in [-0.2, 0) is 16.6 Å². The van der Waals surface area contributed by atoms with Crippen molar-refractivity contribution in [1.82, 2.24) is 19.4 Å². The average Bonchev–Trinajstić information content (AvgIpc) is 3.22. The molecule has 20 heavy (non-hydrogen) atoms. The predicted octanol–water partition coefficient (Wildman–Crippen LogP) is -0.321. The number of aromatic amines is 1. The van der Waals surface area contributed by atoms with E-state index < -0.39 is 10.0 Å². The highest BCUT2D eigenvalue weighted by Gasteiger charge is 2.36. The van der Waals surface area contributed by atoms with E-state index in [2.05, 4.69) is 15.1 Å². The molecule has 1 aromatic heterocycles. The maximum absolute atomic E-state index is 12.6. The first-order valence-electron chi connectivity index (χ1n) is 6.93. The van der Waals surface area contributed by atoms with Crippen molar-refractivity contribution in [3.63, 3.8) is 0 Å². The minimum absolute atomic E-state index is 0.0302. The number of aliphatic hydroxyl groups is 1. The Kier molecular flexibility index (Phi) is 3.57. The van der Waals surface area contributed by atoms with Gasteiger partial charge in [0.2, 0.25) is 0 Å². The van der Waals surface area contributed by atoms with Gasteiger partial charge in [-0.25, -0.2) is 8.42 Å². The van der Waals surface area contributed by atoms with Crippen molar-refractivity contribution in [3.05, 3.63) is 11.3 Å². The van der Waals surface area contributed by atoms with E-state index in [1.807, 2.05) is 0 Å². The van der Waals surface area contributed by atoms with Crippen LogP contribution in [0.2, 0.25) is 0 Å². The van der Waals surface area contributed by atoms with Crippen molar-refractivity contribution in [2.75, 3.05) is 26.2 Å². The predicted molar refractivity (Wildman–Crippen MR) is 72.6 cm³/mol. The SMILES string of the molecule is Cc1[nH]nc(S(=O)(=O)N2CCN(C3CC3)CC2)c1CO. The number of sulfonamides is 1. The molecule has 8 heteroatoms. The van der Waals surface area contributed by atoms with Crippen LogP contribution in [0, 0.1) is 6.92 Å². The molecule has 3 rings (SSSR count). The maximum atomic E-state index is 12.6. The van der Waals surface area contributed by atoms with Gasteiger partial charge in [-0.15, -0.1) is 0 Å². The summed E-state index contributed by atoms with van der Waals surface area (Å²) in [6.07, 6.45) is 2.47. The number of nitrogens with one attached hydrogen (secondary N) is 1. The van der Waals surface area contributed by atoms with Crippen LogP contribution in [0.25, 0.3) is 0 Å². The van der Waals surface area contributed by atoms with Crippen molar-refractivity contribution >= 4 is 10.0 Å². The summed E-state index contributed by atoms with van der Waals surface area (Å²) in [4.78, 5) is 2.36. The number of aryl methyl sites for hydroxylation is 1. The molecular weight excluding hydrogens is 280 g/mol. The zero-order valence-electron chi connectivity index (χ0n) is 11.5. The van der Waals surface area contributed by atoms with Gasteiger partial charge in [0.25, 0.3) is 10.0 Å². The van der Waals surface area contributed by atoms with Gasteiger partial charge in [0.1, 0.15) is 0 Å². The van der Waals surface area contributed by atoms with Crippen LogP contribution < -0.4 is 0 Å². The fraction of sp³-hybridized carbons (Fsp3) is 0.750. The zero-order valence-corrected chi connectivity index (χ0v) is 12.4. The second kappa shape index (κ2) is 5.10. The first kappa shape index (κ1) is 14.0. The number of H-pyrrole nitrogens is 1. The summed E-state index contributed by atoms with van der Waals surface area (Å²) in [6, 6.07) is 0.667. The molecule has 2 heterocycles. The van der Waals surface area contributed by atoms with Crippen LogP contribution in [-0.4, -0.2) is 65.1 Å². The third-order valence-corrected chi connectivity index (χ3v) is 5.99. The fourth-order valence-electron chi connectivity index (χ4n) is 2.70. The van der Waals surface area contributed by atoms with Crippen molar-refractivity contribution < 1.29 is 13.5 Å². The van der Waals surface area contributed by atoms with E-state index >= 15 is 0 Å². The topological polar surface area (TPSA) is 89.5 Å². The molecule has 0 unspecified atom stereocenters. The molecule has 112 valence electrons. The van der Waals surface area contributed by atoms with Crippen molar-refractivity contribution in [2.24, 2.45) is 0 Å². The Bertz CT molecular complexity index is 586. The second-order valence-electron chi connectivity index (χ2n) is 5.46. The summed E-state index contributed by atoms with van der Waals surface area (Å²) in [5, 5.41) is 15.8. The lowest BCUT2D eigenvalue weighted by Crippen LogP contribution is -2.49. The Morgan fingerprint density at radius 1 is 1.30 bits per heavy atom. The summed E-state index contributed by atoms with van der Waals surface area (Å²) in [5.74, 6) is 0. The van der Waals surface area contributed by atoms with Crippen LogP contribution >= 0.6 is 0 Å². The van der Waals surface area contributed by atoms with Gasteiger partial charge in [0.05, 0.1) is 6.61 Å². The van der Waals surface area contributed by atoms with Crippen molar-refractivity contribution in [2.45, 2.75) is 37.4 Å². The molecule has 0 radical (unpaired) electrons. The monoisotopic (exact) mass is 300 g/mol. The van der Waals surface area contributed by atoms with Crippen LogP contribution in [0.4, 0.5) is 0 Å². The number of aliphatic hydroxyl groups excluding tert-OH is 1. The molecule has 1 aromatic rings. The highest BCUT2D eigenvalue weighted by atomic mass is 32.2. The van der Waals surface area contributed by atoms with Crippen LogP contribution in [0.1, 0.15) is 24.1 Å². The number of rotatable bonds is 4. The van der Waals surface area contributed by atoms with Gasteiger partial charge in [0, 0.05) is 43.5 Å². The standard InChI is InChI=1S/C12H20N4O3S/c1-9-11(8-17)12(14-13-9)20(18,19)16-6-4-15(5-7-16)10-2-3-10/h10,17H,2-8H2,1H3,(H,13,14). The second-order valence-corrected chi connectivity index (χ2v) is 7.31. The highest BCUT2D eigenvalue weighted by Crippen LogP contribution is 2.29. The Labute approximate surface area is 118 Å². The molecule has 1 saturated carbocycles. The lowest BCUT2D eigenvalue weighted by molar-refractivity contribution is 0.180. The molecule has 0 bridgehead atoms. The summed E-state index contributed by atoms with van der Waals surface area (Å²) >= 11 is 0. The third-order valence-electron chi connectivity index (χ3n) is 4.11. The molecule has 0 spiro atoms. The van der Waals surface area contributed by atoms with E-state index in [1.165, 1.54) is 17.1 Å². The number of hydrogen-bond acceptors (Lipinski definition) is 5. The van der Waals surface area contributed by atoms with Crippen molar-refractivity contribution in [1.29, 1.82) is 0 Å². The summed E-state index contributed by atoms with van der Waals surface area (Å²) < 4.78 is 26.6. The van der Waals surface area contributed by atoms with Gasteiger partial charge < -0.3 is 5.11 Å². The zero-order chi connectivity index (χ0) is 14.3. The van der Waals surface area contributed by atoms with E-state index in [0.29, 0.717) is 30.4 Å². The highest BCUT2D eigenvalue weighted by molar-refractivity contribution is 7.89. The first-order valence-corrected chi connectivity index (χ1v) is 8.37. The number of aromatic nitrogens is 2. The molecule has 1 aliphatic carbocycles. The Balaban J connectivity index is 1.78. The molecule has 1 aliphatic heterocycles. The minimum atomic E-state index is -3.61. The van der Waals surface area contributed by atoms with Gasteiger partial charge in [-0.05, 0) is 19.8 Å². The van der Waals surface area contributed by atoms with Crippen LogP contribution in [0.15, 0.2) is 5.03 Å². The smallest absolute Gasteiger partial charge is 0.262 e. The molecule has 2 N–H and O–H groups in total. The van der Waals surface area contributed by atoms with E-state index in [4.69, 9.17) is 0 Å². The molecule has 1 saturated heterocycles. The largest absolute Gasteiger partial charge is 0.392 e. The first-order chi connectivity index (χ1) is 9.54. The summed E-state index contributed by atoms with van der Waals surface area (Å²) in [5.41, 5.74) is 0.970. The average molecular weight is 300 g/mol. The molecule has 0 atom stereocenters. The summed E-state index contributed by atoms with van der Waals surface area (Å²) in [6.45, 7) is 3.94. The Hall–Kier alpha value is -0.960. The fourth-order valence-corrected chi connectivity index (χ4v) is 4.28. The number of piperazine rings is 1. The van der Waals surface area contributed by atoms with E-state index in [9.17, 15) is 13.5 Å². The molecule has 0 amide bonds. The Morgan fingerprint density at radius 3 is 2.50 bits per heavy atom. The molecule has 0 aromatic carbocycles. The van der Waals surface area contributed by atoms with Gasteiger partial charge in [-0.2, -0.15) is 9.40 Å². The van der Waals surface area contributed by atoms with Gasteiger partial charge in [-0.3, -0.25) is 10.00 Å². The number of hydrogen-bond donors (Lipinski definition) is 2. The van der Waals surface area contributed by atoms with Gasteiger partial charge in [0.15, 0.2) is 5.03 Å². The van der Waals surface area contributed by atoms with Crippen LogP contribution in [0.5, 0.6) is 0 Å². The van der Waals surface area contributed by atoms with Crippen LogP contribution in [0.3, 0.4) is 0 Å². The molecule has 7 nitrogen and oxygen atoms in total. The third kappa shape index (κ3) is 2.37. The minimum Gasteiger partial charge on any atom is -0.392 e. The van der Waals surface area contributed by atoms with E-state index in [0.717, 1.165) is 13.1 Å². The lowest BCUT2D eigenvalue weighted by Gasteiger charge is -2.33. The van der Waals surface area contributed by atoms with Gasteiger partial charge >= 0.3 is 0 Å². The van der Waals surface area contributed by atoms with E-state index in [1.54, 1.807) is 6.92 Å². The summed E-state index contributed by atoms with van der Waals surface area (Å²) in [7, 11) is -3.61. The Morgan fingerprint density at radius 2 is 1.95 bits per heavy atom. The normalized spacial score (nSPS) is 22.3. The molecular formula is C12H20N4O3S. The molecule has 2 fully saturated rings. The van der Waals surface area contributed by atoms with Gasteiger partial charge in [-0.1, -0.05) is 0 Å². The lowest BCUT2D eigenvalue weighted by atomic mass is 10.3. The quantitative estimate of drug-likeness (QED) is 0.795. The molecule has 2 aliphatic rings. The number of nitrogens with zero attached hydrogens (tertiary/aromatic N) is 3. The van der Waals surface area contributed by atoms with E-state index in [-0.39, 0.29) is 11.6 Å². The maximum Gasteiger partial charge on any atom is 0.262 e.